The summed E-state index contributed by atoms with van der Waals surface area (Å²) >= 11 is 0. The topological polar surface area (TPSA) is 61.2 Å². The third-order valence-corrected chi connectivity index (χ3v) is 4.69. The molecule has 0 atom stereocenters. The summed E-state index contributed by atoms with van der Waals surface area (Å²) in [6, 6.07) is 12.4. The Morgan fingerprint density at radius 2 is 1.64 bits per heavy atom. The van der Waals surface area contributed by atoms with Crippen molar-refractivity contribution in [3.05, 3.63) is 65.7 Å². The van der Waals surface area contributed by atoms with Gasteiger partial charge in [0.05, 0.1) is 11.0 Å². The van der Waals surface area contributed by atoms with E-state index in [-0.39, 0.29) is 6.54 Å². The van der Waals surface area contributed by atoms with Gasteiger partial charge in [0.1, 0.15) is 18.2 Å². The first-order valence-electron chi connectivity index (χ1n) is 6.30. The maximum atomic E-state index is 13.2. The zero-order chi connectivity index (χ0) is 16.2. The zero-order valence-corrected chi connectivity index (χ0v) is 12.2. The summed E-state index contributed by atoms with van der Waals surface area (Å²) < 4.78 is 52.3. The van der Waals surface area contributed by atoms with E-state index in [9.17, 15) is 17.2 Å². The second kappa shape index (κ2) is 6.64. The van der Waals surface area contributed by atoms with E-state index < -0.39 is 33.1 Å². The minimum absolute atomic E-state index is 0.0606. The third kappa shape index (κ3) is 3.67. The summed E-state index contributed by atoms with van der Waals surface area (Å²) in [6.45, 7) is -0.482. The average molecular weight is 322 g/mol. The predicted octanol–water partition coefficient (Wildman–Crippen LogP) is 2.68. The van der Waals surface area contributed by atoms with E-state index in [2.05, 4.69) is 0 Å². The van der Waals surface area contributed by atoms with Crippen molar-refractivity contribution in [3.63, 3.8) is 0 Å². The van der Waals surface area contributed by atoms with E-state index in [1.807, 2.05) is 0 Å². The molecule has 0 aliphatic heterocycles. The number of hydrogen-bond acceptors (Lipinski definition) is 3. The summed E-state index contributed by atoms with van der Waals surface area (Å²) in [5.74, 6) is -1.98. The van der Waals surface area contributed by atoms with Gasteiger partial charge in [0, 0.05) is 12.6 Å². The maximum Gasteiger partial charge on any atom is 0.244 e. The monoisotopic (exact) mass is 322 g/mol. The molecule has 0 amide bonds. The van der Waals surface area contributed by atoms with E-state index in [1.54, 1.807) is 36.4 Å². The van der Waals surface area contributed by atoms with Crippen LogP contribution in [-0.4, -0.2) is 19.3 Å². The SMILES string of the molecule is N#CCN(Cc1ccccc1)S(=O)(=O)c1cc(F)cc(F)c1. The molecule has 0 saturated carbocycles. The molecular weight excluding hydrogens is 310 g/mol. The summed E-state index contributed by atoms with van der Waals surface area (Å²) in [5.41, 5.74) is 0.665. The van der Waals surface area contributed by atoms with Crippen molar-refractivity contribution in [2.75, 3.05) is 6.54 Å². The van der Waals surface area contributed by atoms with Crippen LogP contribution in [0.2, 0.25) is 0 Å². The van der Waals surface area contributed by atoms with Gasteiger partial charge in [-0.2, -0.15) is 9.57 Å². The van der Waals surface area contributed by atoms with E-state index >= 15 is 0 Å². The molecule has 2 aromatic rings. The molecule has 114 valence electrons. The second-order valence-corrected chi connectivity index (χ2v) is 6.46. The fourth-order valence-corrected chi connectivity index (χ4v) is 3.29. The lowest BCUT2D eigenvalue weighted by atomic mass is 10.2. The van der Waals surface area contributed by atoms with Gasteiger partial charge in [-0.1, -0.05) is 30.3 Å². The minimum Gasteiger partial charge on any atom is -0.207 e. The Balaban J connectivity index is 2.40. The Kier molecular flexibility index (Phi) is 4.85. The Hall–Kier alpha value is -2.30. The fourth-order valence-electron chi connectivity index (χ4n) is 1.92. The fraction of sp³-hybridized carbons (Fsp3) is 0.133. The molecule has 22 heavy (non-hydrogen) atoms. The van der Waals surface area contributed by atoms with Crippen molar-refractivity contribution in [2.24, 2.45) is 0 Å². The van der Waals surface area contributed by atoms with Crippen molar-refractivity contribution in [1.29, 1.82) is 5.26 Å². The Labute approximate surface area is 127 Å². The first kappa shape index (κ1) is 16.1. The summed E-state index contributed by atoms with van der Waals surface area (Å²) in [6.07, 6.45) is 0. The van der Waals surface area contributed by atoms with Crippen LogP contribution in [0.5, 0.6) is 0 Å². The molecule has 0 fully saturated rings. The van der Waals surface area contributed by atoms with Gasteiger partial charge in [-0.3, -0.25) is 0 Å². The molecule has 0 radical (unpaired) electrons. The van der Waals surface area contributed by atoms with Crippen LogP contribution in [-0.2, 0) is 16.6 Å². The first-order valence-corrected chi connectivity index (χ1v) is 7.74. The van der Waals surface area contributed by atoms with Gasteiger partial charge in [-0.05, 0) is 17.7 Å². The number of rotatable bonds is 5. The van der Waals surface area contributed by atoms with Crippen LogP contribution < -0.4 is 0 Å². The molecule has 0 aliphatic carbocycles. The lowest BCUT2D eigenvalue weighted by molar-refractivity contribution is 0.440. The number of nitriles is 1. The van der Waals surface area contributed by atoms with Crippen LogP contribution >= 0.6 is 0 Å². The van der Waals surface area contributed by atoms with Gasteiger partial charge in [-0.25, -0.2) is 17.2 Å². The van der Waals surface area contributed by atoms with Crippen molar-refractivity contribution in [1.82, 2.24) is 4.31 Å². The minimum atomic E-state index is -4.18. The molecular formula is C15H12F2N2O2S. The Bertz CT molecular complexity index is 782. The molecule has 0 heterocycles. The molecule has 0 bridgehead atoms. The largest absolute Gasteiger partial charge is 0.244 e. The molecule has 0 unspecified atom stereocenters. The maximum absolute atomic E-state index is 13.2. The van der Waals surface area contributed by atoms with Gasteiger partial charge < -0.3 is 0 Å². The van der Waals surface area contributed by atoms with Crippen LogP contribution in [0, 0.1) is 23.0 Å². The number of benzene rings is 2. The first-order chi connectivity index (χ1) is 10.4. The molecule has 0 N–H and O–H groups in total. The molecule has 0 aromatic heterocycles. The number of nitrogens with zero attached hydrogens (tertiary/aromatic N) is 2. The van der Waals surface area contributed by atoms with Crippen molar-refractivity contribution in [3.8, 4) is 6.07 Å². The molecule has 7 heteroatoms. The standard InChI is InChI=1S/C15H12F2N2O2S/c16-13-8-14(17)10-15(9-13)22(20,21)19(7-6-18)11-12-4-2-1-3-5-12/h1-5,8-10H,7,11H2. The summed E-state index contributed by atoms with van der Waals surface area (Å²) in [4.78, 5) is -0.517. The average Bonchev–Trinajstić information content (AvgIpc) is 2.47. The molecule has 2 rings (SSSR count). The van der Waals surface area contributed by atoms with Crippen molar-refractivity contribution in [2.45, 2.75) is 11.4 Å². The zero-order valence-electron chi connectivity index (χ0n) is 11.4. The van der Waals surface area contributed by atoms with E-state index in [0.717, 1.165) is 16.4 Å². The van der Waals surface area contributed by atoms with Crippen LogP contribution in [0.25, 0.3) is 0 Å². The summed E-state index contributed by atoms with van der Waals surface area (Å²) in [5, 5.41) is 8.83. The second-order valence-electron chi connectivity index (χ2n) is 4.52. The van der Waals surface area contributed by atoms with Crippen LogP contribution in [0.3, 0.4) is 0 Å². The number of hydrogen-bond donors (Lipinski definition) is 0. The Morgan fingerprint density at radius 1 is 1.05 bits per heavy atom. The van der Waals surface area contributed by atoms with Gasteiger partial charge in [0.25, 0.3) is 0 Å². The van der Waals surface area contributed by atoms with E-state index in [1.165, 1.54) is 0 Å². The highest BCUT2D eigenvalue weighted by atomic mass is 32.2. The normalized spacial score (nSPS) is 11.4. The van der Waals surface area contributed by atoms with Gasteiger partial charge >= 0.3 is 0 Å². The van der Waals surface area contributed by atoms with Crippen molar-refractivity contribution >= 4 is 10.0 Å². The van der Waals surface area contributed by atoms with E-state index in [0.29, 0.717) is 11.6 Å². The van der Waals surface area contributed by atoms with Gasteiger partial charge in [-0.15, -0.1) is 0 Å². The molecule has 0 spiro atoms. The smallest absolute Gasteiger partial charge is 0.207 e. The van der Waals surface area contributed by atoms with Crippen molar-refractivity contribution < 1.29 is 17.2 Å². The molecule has 0 aliphatic rings. The highest BCUT2D eigenvalue weighted by molar-refractivity contribution is 7.89. The summed E-state index contributed by atoms with van der Waals surface area (Å²) in [7, 11) is -4.18. The highest BCUT2D eigenvalue weighted by Crippen LogP contribution is 2.20. The third-order valence-electron chi connectivity index (χ3n) is 2.92. The highest BCUT2D eigenvalue weighted by Gasteiger charge is 2.25. The molecule has 2 aromatic carbocycles. The van der Waals surface area contributed by atoms with Crippen LogP contribution in [0.15, 0.2) is 53.4 Å². The van der Waals surface area contributed by atoms with Gasteiger partial charge in [0.15, 0.2) is 0 Å². The lowest BCUT2D eigenvalue weighted by Crippen LogP contribution is -2.31. The van der Waals surface area contributed by atoms with Gasteiger partial charge in [0.2, 0.25) is 10.0 Å². The van der Waals surface area contributed by atoms with E-state index in [4.69, 9.17) is 5.26 Å². The van der Waals surface area contributed by atoms with Crippen LogP contribution in [0.4, 0.5) is 8.78 Å². The molecule has 4 nitrogen and oxygen atoms in total. The molecule has 0 saturated heterocycles. The van der Waals surface area contributed by atoms with Crippen LogP contribution in [0.1, 0.15) is 5.56 Å². The predicted molar refractivity (Wildman–Crippen MR) is 76.0 cm³/mol. The lowest BCUT2D eigenvalue weighted by Gasteiger charge is -2.19. The number of halogens is 2. The quantitative estimate of drug-likeness (QED) is 0.795. The Morgan fingerprint density at radius 3 is 2.18 bits per heavy atom. The number of sulfonamides is 1.